The summed E-state index contributed by atoms with van der Waals surface area (Å²) in [6.07, 6.45) is 4.18. The highest BCUT2D eigenvalue weighted by atomic mass is 32.1. The SMILES string of the molecule is COC(=O)c1ccc([C@@H]2CC(c3cccs3)CCN2Cc2c(OC)cc(C)c3[nH]ccc23)cc1. The first-order valence-corrected chi connectivity index (χ1v) is 12.6. The molecule has 5 nitrogen and oxygen atoms in total. The molecule has 2 atom stereocenters. The van der Waals surface area contributed by atoms with Crippen molar-refractivity contribution < 1.29 is 14.3 Å². The largest absolute Gasteiger partial charge is 0.496 e. The summed E-state index contributed by atoms with van der Waals surface area (Å²) in [6.45, 7) is 3.91. The molecule has 6 heteroatoms. The van der Waals surface area contributed by atoms with E-state index in [0.29, 0.717) is 11.5 Å². The van der Waals surface area contributed by atoms with E-state index in [-0.39, 0.29) is 12.0 Å². The monoisotopic (exact) mass is 474 g/mol. The van der Waals surface area contributed by atoms with Gasteiger partial charge < -0.3 is 14.5 Å². The number of H-pyrrole nitrogens is 1. The molecule has 1 saturated heterocycles. The van der Waals surface area contributed by atoms with Crippen LogP contribution in [0, 0.1) is 6.92 Å². The number of aryl methyl sites for hydroxylation is 1. The second-order valence-electron chi connectivity index (χ2n) is 8.98. The number of hydrogen-bond acceptors (Lipinski definition) is 5. The molecule has 0 saturated carbocycles. The third kappa shape index (κ3) is 4.24. The van der Waals surface area contributed by atoms with E-state index in [1.807, 2.05) is 29.7 Å². The molecule has 1 aliphatic heterocycles. The molecule has 176 valence electrons. The number of nitrogens with one attached hydrogen (secondary N) is 1. The summed E-state index contributed by atoms with van der Waals surface area (Å²) in [7, 11) is 3.17. The summed E-state index contributed by atoms with van der Waals surface area (Å²) in [6, 6.07) is 16.9. The summed E-state index contributed by atoms with van der Waals surface area (Å²) in [5, 5.41) is 3.39. The molecule has 5 rings (SSSR count). The fourth-order valence-corrected chi connectivity index (χ4v) is 6.15. The van der Waals surface area contributed by atoms with E-state index >= 15 is 0 Å². The first-order valence-electron chi connectivity index (χ1n) is 11.7. The molecule has 0 bridgehead atoms. The summed E-state index contributed by atoms with van der Waals surface area (Å²) >= 11 is 1.85. The predicted molar refractivity (Wildman–Crippen MR) is 137 cm³/mol. The Morgan fingerprint density at radius 3 is 2.71 bits per heavy atom. The molecule has 4 aromatic rings. The Balaban J connectivity index is 1.50. The van der Waals surface area contributed by atoms with Crippen molar-refractivity contribution in [2.75, 3.05) is 20.8 Å². The van der Waals surface area contributed by atoms with Gasteiger partial charge in [0.2, 0.25) is 0 Å². The lowest BCUT2D eigenvalue weighted by atomic mass is 9.85. The van der Waals surface area contributed by atoms with Gasteiger partial charge in [-0.05, 0) is 79.1 Å². The van der Waals surface area contributed by atoms with E-state index in [4.69, 9.17) is 9.47 Å². The van der Waals surface area contributed by atoms with Gasteiger partial charge in [-0.2, -0.15) is 0 Å². The van der Waals surface area contributed by atoms with Crippen molar-refractivity contribution in [3.05, 3.63) is 87.2 Å². The highest BCUT2D eigenvalue weighted by Crippen LogP contribution is 2.43. The van der Waals surface area contributed by atoms with E-state index in [0.717, 1.165) is 31.7 Å². The Morgan fingerprint density at radius 2 is 2.00 bits per heavy atom. The van der Waals surface area contributed by atoms with Gasteiger partial charge in [-0.15, -0.1) is 11.3 Å². The van der Waals surface area contributed by atoms with Crippen molar-refractivity contribution in [1.82, 2.24) is 9.88 Å². The molecule has 0 aliphatic carbocycles. The van der Waals surface area contributed by atoms with Crippen molar-refractivity contribution in [1.29, 1.82) is 0 Å². The van der Waals surface area contributed by atoms with Gasteiger partial charge in [0, 0.05) is 40.1 Å². The van der Waals surface area contributed by atoms with Gasteiger partial charge in [0.1, 0.15) is 5.75 Å². The summed E-state index contributed by atoms with van der Waals surface area (Å²) in [5.74, 6) is 1.17. The normalized spacial score (nSPS) is 18.8. The van der Waals surface area contributed by atoms with Gasteiger partial charge in [-0.1, -0.05) is 18.2 Å². The van der Waals surface area contributed by atoms with E-state index < -0.39 is 0 Å². The molecule has 0 radical (unpaired) electrons. The van der Waals surface area contributed by atoms with E-state index in [2.05, 4.69) is 58.6 Å². The van der Waals surface area contributed by atoms with Crippen molar-refractivity contribution in [3.8, 4) is 5.75 Å². The Labute approximate surface area is 204 Å². The average molecular weight is 475 g/mol. The Kier molecular flexibility index (Phi) is 6.44. The van der Waals surface area contributed by atoms with Crippen LogP contribution in [0.5, 0.6) is 5.75 Å². The number of nitrogens with zero attached hydrogens (tertiary/aromatic N) is 1. The van der Waals surface area contributed by atoms with Crippen molar-refractivity contribution in [2.45, 2.75) is 38.3 Å². The van der Waals surface area contributed by atoms with Gasteiger partial charge in [-0.3, -0.25) is 4.90 Å². The molecule has 0 amide bonds. The van der Waals surface area contributed by atoms with Crippen LogP contribution in [0.2, 0.25) is 0 Å². The molecule has 1 aliphatic rings. The quantitative estimate of drug-likeness (QED) is 0.326. The van der Waals surface area contributed by atoms with Crippen LogP contribution in [-0.2, 0) is 11.3 Å². The van der Waals surface area contributed by atoms with Gasteiger partial charge in [0.15, 0.2) is 0 Å². The zero-order valence-electron chi connectivity index (χ0n) is 19.8. The molecular formula is C28H30N2O3S. The molecular weight excluding hydrogens is 444 g/mol. The van der Waals surface area contributed by atoms with Crippen molar-refractivity contribution in [2.24, 2.45) is 0 Å². The lowest BCUT2D eigenvalue weighted by molar-refractivity contribution is 0.0600. The molecule has 2 aromatic carbocycles. The van der Waals surface area contributed by atoms with Crippen molar-refractivity contribution >= 4 is 28.2 Å². The van der Waals surface area contributed by atoms with Gasteiger partial charge >= 0.3 is 5.97 Å². The zero-order valence-corrected chi connectivity index (χ0v) is 20.7. The summed E-state index contributed by atoms with van der Waals surface area (Å²) in [4.78, 5) is 19.4. The number of benzene rings is 2. The number of carbonyl (C=O) groups is 1. The van der Waals surface area contributed by atoms with Gasteiger partial charge in [-0.25, -0.2) is 4.79 Å². The van der Waals surface area contributed by atoms with Crippen LogP contribution in [-0.4, -0.2) is 36.6 Å². The van der Waals surface area contributed by atoms with Crippen LogP contribution in [0.3, 0.4) is 0 Å². The Hall–Kier alpha value is -3.09. The standard InChI is InChI=1S/C28H30N2O3S/c1-18-15-25(32-2)23(22-10-12-29-27(18)22)17-30-13-11-21(26-5-4-14-34-26)16-24(30)19-6-8-20(9-7-19)28(31)33-3/h4-10,12,14-15,21,24,29H,11,13,16-17H2,1-3H3/t21?,24-/m0/s1. The number of carbonyl (C=O) groups excluding carboxylic acids is 1. The van der Waals surface area contributed by atoms with Crippen LogP contribution in [0.15, 0.2) is 60.1 Å². The number of thiophene rings is 1. The molecule has 3 heterocycles. The number of ether oxygens (including phenoxy) is 2. The molecule has 2 aromatic heterocycles. The topological polar surface area (TPSA) is 54.6 Å². The maximum absolute atomic E-state index is 12.0. The highest BCUT2D eigenvalue weighted by molar-refractivity contribution is 7.10. The third-order valence-electron chi connectivity index (χ3n) is 7.07. The second-order valence-corrected chi connectivity index (χ2v) is 9.96. The first kappa shape index (κ1) is 22.7. The minimum absolute atomic E-state index is 0.243. The molecule has 34 heavy (non-hydrogen) atoms. The maximum atomic E-state index is 12.0. The van der Waals surface area contributed by atoms with E-state index in [1.54, 1.807) is 7.11 Å². The van der Waals surface area contributed by atoms with Crippen LogP contribution in [0.1, 0.15) is 56.7 Å². The van der Waals surface area contributed by atoms with Crippen LogP contribution in [0.4, 0.5) is 0 Å². The fraction of sp³-hybridized carbons (Fsp3) is 0.321. The lowest BCUT2D eigenvalue weighted by Crippen LogP contribution is -2.35. The van der Waals surface area contributed by atoms with Gasteiger partial charge in [0.25, 0.3) is 0 Å². The summed E-state index contributed by atoms with van der Waals surface area (Å²) in [5.41, 5.74) is 5.38. The predicted octanol–water partition coefficient (Wildman–Crippen LogP) is 6.45. The minimum atomic E-state index is -0.303. The van der Waals surface area contributed by atoms with Crippen LogP contribution < -0.4 is 4.74 Å². The first-order chi connectivity index (χ1) is 16.6. The van der Waals surface area contributed by atoms with Crippen LogP contribution in [0.25, 0.3) is 10.9 Å². The third-order valence-corrected chi connectivity index (χ3v) is 8.10. The Morgan fingerprint density at radius 1 is 1.18 bits per heavy atom. The molecule has 0 spiro atoms. The van der Waals surface area contributed by atoms with E-state index in [9.17, 15) is 4.79 Å². The maximum Gasteiger partial charge on any atom is 0.337 e. The number of esters is 1. The smallest absolute Gasteiger partial charge is 0.337 e. The molecule has 1 fully saturated rings. The number of fused-ring (bicyclic) bond motifs is 1. The fourth-order valence-electron chi connectivity index (χ4n) is 5.28. The lowest BCUT2D eigenvalue weighted by Gasteiger charge is -2.40. The molecule has 1 N–H and O–H groups in total. The Bertz CT molecular complexity index is 1280. The molecule has 1 unspecified atom stereocenters. The van der Waals surface area contributed by atoms with Crippen LogP contribution >= 0.6 is 11.3 Å². The second kappa shape index (κ2) is 9.65. The number of rotatable bonds is 6. The number of aromatic nitrogens is 1. The number of aromatic amines is 1. The number of piperidine rings is 1. The number of hydrogen-bond donors (Lipinski definition) is 1. The average Bonchev–Trinajstić information content (AvgIpc) is 3.58. The number of methoxy groups -OCH3 is 2. The highest BCUT2D eigenvalue weighted by Gasteiger charge is 2.32. The van der Waals surface area contributed by atoms with Gasteiger partial charge in [0.05, 0.1) is 19.8 Å². The van der Waals surface area contributed by atoms with Crippen molar-refractivity contribution in [3.63, 3.8) is 0 Å². The summed E-state index contributed by atoms with van der Waals surface area (Å²) < 4.78 is 10.7. The zero-order chi connectivity index (χ0) is 23.7. The van der Waals surface area contributed by atoms with E-state index in [1.165, 1.54) is 39.6 Å². The number of likely N-dealkylation sites (tertiary alicyclic amines) is 1. The minimum Gasteiger partial charge on any atom is -0.496 e.